The van der Waals surface area contributed by atoms with E-state index in [4.69, 9.17) is 39.5 Å². The summed E-state index contributed by atoms with van der Waals surface area (Å²) in [5, 5.41) is 6.74. The Morgan fingerprint density at radius 1 is 1.15 bits per heavy atom. The van der Waals surface area contributed by atoms with Crippen molar-refractivity contribution in [1.82, 2.24) is 5.32 Å². The second kappa shape index (κ2) is 8.69. The fraction of sp³-hybridized carbons (Fsp3) is 0.222. The monoisotopic (exact) mass is 427 g/mol. The molecule has 3 rings (SSSR count). The molecule has 0 bridgehead atoms. The Hall–Kier alpha value is -2.15. The zero-order chi connectivity index (χ0) is 19.4. The molecule has 0 saturated carbocycles. The third-order valence-electron chi connectivity index (χ3n) is 3.86. The number of piperazine rings is 1. The Kier molecular flexibility index (Phi) is 6.31. The van der Waals surface area contributed by atoms with Crippen molar-refractivity contribution in [2.45, 2.75) is 0 Å². The van der Waals surface area contributed by atoms with E-state index in [1.807, 2.05) is 4.90 Å². The summed E-state index contributed by atoms with van der Waals surface area (Å²) >= 11 is 18.2. The quantitative estimate of drug-likeness (QED) is 0.763. The molecule has 1 fully saturated rings. The molecule has 27 heavy (non-hydrogen) atoms. The molecule has 9 heteroatoms. The van der Waals surface area contributed by atoms with E-state index in [1.165, 1.54) is 6.07 Å². The van der Waals surface area contributed by atoms with Gasteiger partial charge in [0.05, 0.1) is 22.3 Å². The Morgan fingerprint density at radius 3 is 2.70 bits per heavy atom. The molecule has 0 unspecified atom stereocenters. The van der Waals surface area contributed by atoms with Gasteiger partial charge in [-0.2, -0.15) is 0 Å². The van der Waals surface area contributed by atoms with Crippen LogP contribution in [0.25, 0.3) is 0 Å². The summed E-state index contributed by atoms with van der Waals surface area (Å²) in [4.78, 5) is 25.5. The number of hydrogen-bond acceptors (Lipinski definition) is 4. The predicted molar refractivity (Wildman–Crippen MR) is 107 cm³/mol. The summed E-state index contributed by atoms with van der Waals surface area (Å²) in [7, 11) is 0. The van der Waals surface area contributed by atoms with Crippen LogP contribution in [0.1, 0.15) is 0 Å². The molecular weight excluding hydrogens is 413 g/mol. The van der Waals surface area contributed by atoms with E-state index in [-0.39, 0.29) is 25.0 Å². The first-order valence-corrected chi connectivity index (χ1v) is 9.24. The van der Waals surface area contributed by atoms with Crippen molar-refractivity contribution in [2.24, 2.45) is 0 Å². The third-order valence-corrected chi connectivity index (χ3v) is 4.71. The lowest BCUT2D eigenvalue weighted by molar-refractivity contribution is -0.120. The Labute approximate surface area is 171 Å². The zero-order valence-electron chi connectivity index (χ0n) is 14.1. The number of halogens is 3. The van der Waals surface area contributed by atoms with E-state index in [0.717, 1.165) is 5.69 Å². The molecule has 1 heterocycles. The van der Waals surface area contributed by atoms with Gasteiger partial charge in [-0.3, -0.25) is 9.59 Å². The largest absolute Gasteiger partial charge is 0.482 e. The molecule has 6 nitrogen and oxygen atoms in total. The smallest absolute Gasteiger partial charge is 0.262 e. The molecule has 2 amide bonds. The fourth-order valence-electron chi connectivity index (χ4n) is 2.61. The van der Waals surface area contributed by atoms with Gasteiger partial charge in [-0.1, -0.05) is 34.8 Å². The second-order valence-electron chi connectivity index (χ2n) is 5.85. The van der Waals surface area contributed by atoms with Crippen molar-refractivity contribution in [3.63, 3.8) is 0 Å². The maximum absolute atomic E-state index is 12.1. The number of benzene rings is 2. The van der Waals surface area contributed by atoms with Crippen LogP contribution in [0.2, 0.25) is 15.1 Å². The Balaban J connectivity index is 1.60. The Bertz CT molecular complexity index is 876. The van der Waals surface area contributed by atoms with Gasteiger partial charge in [0.1, 0.15) is 5.75 Å². The van der Waals surface area contributed by atoms with Gasteiger partial charge in [0.15, 0.2) is 6.61 Å². The van der Waals surface area contributed by atoms with Crippen molar-refractivity contribution in [3.8, 4) is 5.75 Å². The highest BCUT2D eigenvalue weighted by Gasteiger charge is 2.19. The van der Waals surface area contributed by atoms with E-state index in [2.05, 4.69) is 10.6 Å². The summed E-state index contributed by atoms with van der Waals surface area (Å²) in [6, 6.07) is 9.89. The standard InChI is InChI=1S/C18H16Cl3N3O3/c19-11-1-3-13(20)16(7-11)27-10-18(26)23-12-2-4-15(14(21)8-12)24-6-5-22-17(25)9-24/h1-4,7-8H,5-6,9-10H2,(H,22,25)(H,23,26). The van der Waals surface area contributed by atoms with Crippen LogP contribution in [0.5, 0.6) is 5.75 Å². The number of ether oxygens (including phenoxy) is 1. The van der Waals surface area contributed by atoms with Crippen molar-refractivity contribution < 1.29 is 14.3 Å². The number of nitrogens with zero attached hydrogens (tertiary/aromatic N) is 1. The van der Waals surface area contributed by atoms with Gasteiger partial charge < -0.3 is 20.3 Å². The average Bonchev–Trinajstić information content (AvgIpc) is 2.62. The molecular formula is C18H16Cl3N3O3. The van der Waals surface area contributed by atoms with E-state index in [0.29, 0.717) is 39.6 Å². The molecule has 0 aromatic heterocycles. The molecule has 0 atom stereocenters. The number of amides is 2. The molecule has 0 aliphatic carbocycles. The average molecular weight is 429 g/mol. The maximum Gasteiger partial charge on any atom is 0.262 e. The lowest BCUT2D eigenvalue weighted by atomic mass is 10.2. The summed E-state index contributed by atoms with van der Waals surface area (Å²) in [5.41, 5.74) is 1.27. The van der Waals surface area contributed by atoms with E-state index in [1.54, 1.807) is 30.3 Å². The molecule has 0 spiro atoms. The van der Waals surface area contributed by atoms with Gasteiger partial charge in [-0.05, 0) is 30.3 Å². The molecule has 1 aliphatic rings. The number of carbonyl (C=O) groups is 2. The lowest BCUT2D eigenvalue weighted by Crippen LogP contribution is -2.47. The minimum atomic E-state index is -0.368. The summed E-state index contributed by atoms with van der Waals surface area (Å²) < 4.78 is 5.40. The topological polar surface area (TPSA) is 70.7 Å². The van der Waals surface area contributed by atoms with Crippen LogP contribution in [0.4, 0.5) is 11.4 Å². The first-order chi connectivity index (χ1) is 12.9. The molecule has 142 valence electrons. The number of hydrogen-bond donors (Lipinski definition) is 2. The summed E-state index contributed by atoms with van der Waals surface area (Å²) in [6.07, 6.45) is 0. The summed E-state index contributed by atoms with van der Waals surface area (Å²) in [6.45, 7) is 1.26. The van der Waals surface area contributed by atoms with Crippen molar-refractivity contribution in [3.05, 3.63) is 51.5 Å². The number of carbonyl (C=O) groups excluding carboxylic acids is 2. The molecule has 2 aromatic carbocycles. The first-order valence-electron chi connectivity index (χ1n) is 8.11. The van der Waals surface area contributed by atoms with Crippen molar-refractivity contribution >= 4 is 58.0 Å². The SMILES string of the molecule is O=C1CN(c2ccc(NC(=O)COc3cc(Cl)ccc3Cl)cc2Cl)CCN1. The van der Waals surface area contributed by atoms with Gasteiger partial charge in [0.2, 0.25) is 5.91 Å². The van der Waals surface area contributed by atoms with Crippen LogP contribution in [-0.2, 0) is 9.59 Å². The van der Waals surface area contributed by atoms with Crippen molar-refractivity contribution in [1.29, 1.82) is 0 Å². The predicted octanol–water partition coefficient (Wildman–Crippen LogP) is 3.60. The van der Waals surface area contributed by atoms with Crippen LogP contribution < -0.4 is 20.3 Å². The van der Waals surface area contributed by atoms with Crippen molar-refractivity contribution in [2.75, 3.05) is 36.5 Å². The maximum atomic E-state index is 12.1. The highest BCUT2D eigenvalue weighted by molar-refractivity contribution is 6.34. The van der Waals surface area contributed by atoms with E-state index < -0.39 is 0 Å². The lowest BCUT2D eigenvalue weighted by Gasteiger charge is -2.29. The van der Waals surface area contributed by atoms with Crippen LogP contribution >= 0.6 is 34.8 Å². The van der Waals surface area contributed by atoms with Gasteiger partial charge in [-0.25, -0.2) is 0 Å². The molecule has 0 radical (unpaired) electrons. The number of nitrogens with one attached hydrogen (secondary N) is 2. The number of rotatable bonds is 5. The van der Waals surface area contributed by atoms with Gasteiger partial charge in [-0.15, -0.1) is 0 Å². The molecule has 1 saturated heterocycles. The normalized spacial score (nSPS) is 13.9. The minimum Gasteiger partial charge on any atom is -0.482 e. The van der Waals surface area contributed by atoms with E-state index in [9.17, 15) is 9.59 Å². The fourth-order valence-corrected chi connectivity index (χ4v) is 3.25. The zero-order valence-corrected chi connectivity index (χ0v) is 16.4. The highest BCUT2D eigenvalue weighted by Crippen LogP contribution is 2.30. The first kappa shape index (κ1) is 19.6. The van der Waals surface area contributed by atoms with Crippen LogP contribution in [-0.4, -0.2) is 38.1 Å². The highest BCUT2D eigenvalue weighted by atomic mass is 35.5. The summed E-state index contributed by atoms with van der Waals surface area (Å²) in [5.74, 6) is -0.0881. The minimum absolute atomic E-state index is 0.0495. The van der Waals surface area contributed by atoms with Crippen LogP contribution in [0.3, 0.4) is 0 Å². The van der Waals surface area contributed by atoms with E-state index >= 15 is 0 Å². The Morgan fingerprint density at radius 2 is 1.96 bits per heavy atom. The van der Waals surface area contributed by atoms with Crippen LogP contribution in [0, 0.1) is 0 Å². The number of anilines is 2. The third kappa shape index (κ3) is 5.19. The van der Waals surface area contributed by atoms with Crippen LogP contribution in [0.15, 0.2) is 36.4 Å². The molecule has 2 aromatic rings. The second-order valence-corrected chi connectivity index (χ2v) is 7.10. The van der Waals surface area contributed by atoms with Gasteiger partial charge in [0.25, 0.3) is 5.91 Å². The molecule has 1 aliphatic heterocycles. The van der Waals surface area contributed by atoms with Gasteiger partial charge >= 0.3 is 0 Å². The van der Waals surface area contributed by atoms with Gasteiger partial charge in [0, 0.05) is 29.9 Å². The molecule has 2 N–H and O–H groups in total.